The summed E-state index contributed by atoms with van der Waals surface area (Å²) in [5.41, 5.74) is 3.11. The van der Waals surface area contributed by atoms with Crippen molar-refractivity contribution in [3.63, 3.8) is 0 Å². The van der Waals surface area contributed by atoms with Crippen molar-refractivity contribution >= 4 is 16.8 Å². The fourth-order valence-corrected chi connectivity index (χ4v) is 1.52. The molecule has 3 nitrogen and oxygen atoms in total. The van der Waals surface area contributed by atoms with Crippen LogP contribution in [0.3, 0.4) is 0 Å². The summed E-state index contributed by atoms with van der Waals surface area (Å²) in [6.45, 7) is 9.42. The largest absolute Gasteiger partial charge is 0.441 e. The van der Waals surface area contributed by atoms with Gasteiger partial charge in [-0.1, -0.05) is 20.8 Å². The third-order valence-electron chi connectivity index (χ3n) is 2.32. The molecule has 0 saturated heterocycles. The lowest BCUT2D eigenvalue weighted by molar-refractivity contribution is 0.443. The Morgan fingerprint density at radius 1 is 1.31 bits per heavy atom. The highest BCUT2D eigenvalue weighted by atomic mass is 16.3. The molecule has 16 heavy (non-hydrogen) atoms. The van der Waals surface area contributed by atoms with Crippen molar-refractivity contribution in [1.82, 2.24) is 4.98 Å². The molecule has 1 aromatic carbocycles. The number of anilines is 1. The Morgan fingerprint density at radius 2 is 2.06 bits per heavy atom. The van der Waals surface area contributed by atoms with Gasteiger partial charge in [0, 0.05) is 25.2 Å². The second kappa shape index (κ2) is 3.81. The van der Waals surface area contributed by atoms with Crippen molar-refractivity contribution in [2.75, 3.05) is 11.9 Å². The van der Waals surface area contributed by atoms with Crippen molar-refractivity contribution in [1.29, 1.82) is 0 Å². The maximum atomic E-state index is 5.49. The molecule has 0 unspecified atom stereocenters. The lowest BCUT2D eigenvalue weighted by Gasteiger charge is -2.19. The fourth-order valence-electron chi connectivity index (χ4n) is 1.52. The summed E-state index contributed by atoms with van der Waals surface area (Å²) in [4.78, 5) is 4.27. The van der Waals surface area contributed by atoms with Crippen LogP contribution in [0.4, 0.5) is 5.69 Å². The highest BCUT2D eigenvalue weighted by molar-refractivity contribution is 5.77. The van der Waals surface area contributed by atoms with Crippen LogP contribution in [0, 0.1) is 12.3 Å². The van der Waals surface area contributed by atoms with Crippen molar-refractivity contribution in [2.24, 2.45) is 5.41 Å². The van der Waals surface area contributed by atoms with Crippen LogP contribution in [-0.2, 0) is 0 Å². The van der Waals surface area contributed by atoms with Crippen molar-refractivity contribution in [2.45, 2.75) is 27.7 Å². The minimum atomic E-state index is 0.270. The van der Waals surface area contributed by atoms with E-state index in [9.17, 15) is 0 Å². The first kappa shape index (κ1) is 11.0. The molecular weight excluding hydrogens is 200 g/mol. The van der Waals surface area contributed by atoms with Gasteiger partial charge in [0.15, 0.2) is 11.5 Å². The minimum Gasteiger partial charge on any atom is -0.441 e. The number of aromatic nitrogens is 1. The minimum absolute atomic E-state index is 0.270. The van der Waals surface area contributed by atoms with Gasteiger partial charge in [-0.05, 0) is 17.5 Å². The second-order valence-electron chi connectivity index (χ2n) is 5.33. The van der Waals surface area contributed by atoms with Crippen LogP contribution in [0.2, 0.25) is 0 Å². The van der Waals surface area contributed by atoms with Crippen molar-refractivity contribution < 1.29 is 4.42 Å². The summed E-state index contributed by atoms with van der Waals surface area (Å²) in [6.07, 6.45) is 0. The van der Waals surface area contributed by atoms with Crippen LogP contribution in [0.25, 0.3) is 11.1 Å². The van der Waals surface area contributed by atoms with Gasteiger partial charge in [-0.3, -0.25) is 0 Å². The number of hydrogen-bond acceptors (Lipinski definition) is 3. The molecule has 2 rings (SSSR count). The van der Waals surface area contributed by atoms with Crippen LogP contribution >= 0.6 is 0 Å². The molecule has 0 bridgehead atoms. The molecule has 0 spiro atoms. The van der Waals surface area contributed by atoms with E-state index in [-0.39, 0.29) is 5.41 Å². The van der Waals surface area contributed by atoms with Gasteiger partial charge < -0.3 is 9.73 Å². The molecule has 0 radical (unpaired) electrons. The van der Waals surface area contributed by atoms with E-state index in [1.54, 1.807) is 0 Å². The Kier molecular flexibility index (Phi) is 2.62. The van der Waals surface area contributed by atoms with Crippen LogP contribution in [0.5, 0.6) is 0 Å². The van der Waals surface area contributed by atoms with Gasteiger partial charge in [0.1, 0.15) is 5.52 Å². The summed E-state index contributed by atoms with van der Waals surface area (Å²) in [5, 5.41) is 3.40. The van der Waals surface area contributed by atoms with Crippen molar-refractivity contribution in [3.8, 4) is 0 Å². The van der Waals surface area contributed by atoms with E-state index in [1.165, 1.54) is 0 Å². The lowest BCUT2D eigenvalue weighted by atomic mass is 9.97. The summed E-state index contributed by atoms with van der Waals surface area (Å²) in [6, 6.07) is 6.02. The summed E-state index contributed by atoms with van der Waals surface area (Å²) in [5.74, 6) is 0.711. The molecule has 1 N–H and O–H groups in total. The molecule has 0 aliphatic rings. The monoisotopic (exact) mass is 218 g/mol. The zero-order chi connectivity index (χ0) is 11.8. The first-order valence-corrected chi connectivity index (χ1v) is 5.55. The normalized spacial score (nSPS) is 12.0. The number of hydrogen-bond donors (Lipinski definition) is 1. The molecule has 0 atom stereocenters. The quantitative estimate of drug-likeness (QED) is 0.837. The second-order valence-corrected chi connectivity index (χ2v) is 5.33. The summed E-state index contributed by atoms with van der Waals surface area (Å²) in [7, 11) is 0. The zero-order valence-corrected chi connectivity index (χ0v) is 10.3. The zero-order valence-electron chi connectivity index (χ0n) is 10.3. The van der Waals surface area contributed by atoms with Crippen LogP contribution in [0.15, 0.2) is 22.6 Å². The molecule has 0 aliphatic heterocycles. The standard InChI is InChI=1S/C13H18N2O/c1-9-15-11-6-5-10(7-12(11)16-9)14-8-13(2,3)4/h5-7,14H,8H2,1-4H3. The first-order chi connectivity index (χ1) is 7.44. The Hall–Kier alpha value is -1.51. The fraction of sp³-hybridized carbons (Fsp3) is 0.462. The molecule has 0 fully saturated rings. The number of aryl methyl sites for hydroxylation is 1. The number of oxazole rings is 1. The van der Waals surface area contributed by atoms with E-state index in [0.717, 1.165) is 23.3 Å². The Morgan fingerprint density at radius 3 is 2.75 bits per heavy atom. The Balaban J connectivity index is 2.19. The Labute approximate surface area is 95.9 Å². The van der Waals surface area contributed by atoms with Gasteiger partial charge in [0.2, 0.25) is 0 Å². The number of rotatable bonds is 2. The molecule has 2 aromatic rings. The lowest BCUT2D eigenvalue weighted by Crippen LogP contribution is -2.18. The van der Waals surface area contributed by atoms with Crippen molar-refractivity contribution in [3.05, 3.63) is 24.1 Å². The van der Waals surface area contributed by atoms with Gasteiger partial charge in [-0.25, -0.2) is 4.98 Å². The molecule has 1 aromatic heterocycles. The number of benzene rings is 1. The summed E-state index contributed by atoms with van der Waals surface area (Å²) >= 11 is 0. The molecule has 86 valence electrons. The number of nitrogens with one attached hydrogen (secondary N) is 1. The molecule has 1 heterocycles. The number of fused-ring (bicyclic) bond motifs is 1. The average Bonchev–Trinajstić information content (AvgIpc) is 2.52. The summed E-state index contributed by atoms with van der Waals surface area (Å²) < 4.78 is 5.49. The molecule has 0 aliphatic carbocycles. The van der Waals surface area contributed by atoms with E-state index < -0.39 is 0 Å². The third kappa shape index (κ3) is 2.54. The van der Waals surface area contributed by atoms with Gasteiger partial charge in [-0.2, -0.15) is 0 Å². The van der Waals surface area contributed by atoms with E-state index >= 15 is 0 Å². The van der Waals surface area contributed by atoms with Gasteiger partial charge >= 0.3 is 0 Å². The number of nitrogens with zero attached hydrogens (tertiary/aromatic N) is 1. The average molecular weight is 218 g/mol. The maximum absolute atomic E-state index is 5.49. The first-order valence-electron chi connectivity index (χ1n) is 5.55. The van der Waals surface area contributed by atoms with Crippen LogP contribution in [-0.4, -0.2) is 11.5 Å². The van der Waals surface area contributed by atoms with E-state index in [2.05, 4.69) is 31.1 Å². The van der Waals surface area contributed by atoms with Gasteiger partial charge in [0.25, 0.3) is 0 Å². The third-order valence-corrected chi connectivity index (χ3v) is 2.32. The van der Waals surface area contributed by atoms with Gasteiger partial charge in [0.05, 0.1) is 0 Å². The van der Waals surface area contributed by atoms with Crippen LogP contribution < -0.4 is 5.32 Å². The maximum Gasteiger partial charge on any atom is 0.192 e. The Bertz CT molecular complexity index is 494. The molecular formula is C13H18N2O. The van der Waals surface area contributed by atoms with E-state index in [0.29, 0.717) is 5.89 Å². The van der Waals surface area contributed by atoms with Crippen LogP contribution in [0.1, 0.15) is 26.7 Å². The molecule has 0 amide bonds. The predicted octanol–water partition coefficient (Wildman–Crippen LogP) is 3.59. The predicted molar refractivity (Wildman–Crippen MR) is 66.7 cm³/mol. The highest BCUT2D eigenvalue weighted by Gasteiger charge is 2.10. The highest BCUT2D eigenvalue weighted by Crippen LogP contribution is 2.21. The SMILES string of the molecule is Cc1nc2ccc(NCC(C)(C)C)cc2o1. The van der Waals surface area contributed by atoms with E-state index in [4.69, 9.17) is 4.42 Å². The smallest absolute Gasteiger partial charge is 0.192 e. The molecule has 0 saturated carbocycles. The van der Waals surface area contributed by atoms with Gasteiger partial charge in [-0.15, -0.1) is 0 Å². The molecule has 3 heteroatoms. The topological polar surface area (TPSA) is 38.1 Å². The van der Waals surface area contributed by atoms with E-state index in [1.807, 2.05) is 25.1 Å².